The van der Waals surface area contributed by atoms with Gasteiger partial charge in [-0.05, 0) is 48.5 Å². The van der Waals surface area contributed by atoms with Gasteiger partial charge in [-0.2, -0.15) is 8.78 Å². The zero-order chi connectivity index (χ0) is 22.6. The predicted molar refractivity (Wildman–Crippen MR) is 115 cm³/mol. The summed E-state index contributed by atoms with van der Waals surface area (Å²) in [6.45, 7) is -3.00. The highest BCUT2D eigenvalue weighted by atomic mass is 35.5. The molecule has 0 aliphatic heterocycles. The monoisotopic (exact) mass is 466 g/mol. The van der Waals surface area contributed by atoms with Crippen molar-refractivity contribution in [2.75, 3.05) is 16.7 Å². The first kappa shape index (κ1) is 22.5. The van der Waals surface area contributed by atoms with E-state index < -0.39 is 22.5 Å². The fourth-order valence-electron chi connectivity index (χ4n) is 2.72. The smallest absolute Gasteiger partial charge is 0.387 e. The van der Waals surface area contributed by atoms with E-state index in [-0.39, 0.29) is 21.9 Å². The van der Waals surface area contributed by atoms with Gasteiger partial charge in [0.15, 0.2) is 0 Å². The Labute approximate surface area is 183 Å². The maximum atomic E-state index is 13.0. The standard InChI is InChI=1S/C21H17ClF2N2O4S/c1-26(17-8-3-6-15(22)12-17)31(28,29)19-10-2-5-14(11-19)20(27)25-16-7-4-9-18(13-16)30-21(23)24/h2-13,21H,1H3,(H,25,27). The van der Waals surface area contributed by atoms with Gasteiger partial charge >= 0.3 is 6.61 Å². The fourth-order valence-corrected chi connectivity index (χ4v) is 4.14. The molecule has 0 radical (unpaired) electrons. The van der Waals surface area contributed by atoms with Gasteiger partial charge in [0.2, 0.25) is 0 Å². The van der Waals surface area contributed by atoms with Crippen LogP contribution in [0.4, 0.5) is 20.2 Å². The first-order valence-electron chi connectivity index (χ1n) is 8.87. The fraction of sp³-hybridized carbons (Fsp3) is 0.0952. The van der Waals surface area contributed by atoms with Crippen LogP contribution in [0.2, 0.25) is 5.02 Å². The molecule has 3 aromatic carbocycles. The van der Waals surface area contributed by atoms with E-state index >= 15 is 0 Å². The van der Waals surface area contributed by atoms with Crippen LogP contribution in [0.5, 0.6) is 5.75 Å². The topological polar surface area (TPSA) is 75.7 Å². The lowest BCUT2D eigenvalue weighted by Crippen LogP contribution is -2.26. The van der Waals surface area contributed by atoms with Crippen LogP contribution in [-0.2, 0) is 10.0 Å². The Morgan fingerprint density at radius 2 is 1.74 bits per heavy atom. The highest BCUT2D eigenvalue weighted by Gasteiger charge is 2.22. The Hall–Kier alpha value is -3.17. The molecule has 0 saturated carbocycles. The van der Waals surface area contributed by atoms with Gasteiger partial charge in [-0.15, -0.1) is 0 Å². The van der Waals surface area contributed by atoms with Crippen molar-refractivity contribution < 1.29 is 26.7 Å². The number of amides is 1. The van der Waals surface area contributed by atoms with Gasteiger partial charge < -0.3 is 10.1 Å². The molecule has 0 saturated heterocycles. The maximum absolute atomic E-state index is 13.0. The molecule has 0 atom stereocenters. The molecule has 0 bridgehead atoms. The number of rotatable bonds is 7. The molecule has 3 rings (SSSR count). The molecule has 10 heteroatoms. The molecule has 0 aliphatic rings. The zero-order valence-electron chi connectivity index (χ0n) is 16.1. The van der Waals surface area contributed by atoms with Crippen molar-refractivity contribution in [3.63, 3.8) is 0 Å². The van der Waals surface area contributed by atoms with Crippen LogP contribution in [0.25, 0.3) is 0 Å². The van der Waals surface area contributed by atoms with Gasteiger partial charge in [0.05, 0.1) is 10.6 Å². The van der Waals surface area contributed by atoms with Crippen molar-refractivity contribution in [2.24, 2.45) is 0 Å². The van der Waals surface area contributed by atoms with Crippen LogP contribution in [0, 0.1) is 0 Å². The largest absolute Gasteiger partial charge is 0.435 e. The van der Waals surface area contributed by atoms with Gasteiger partial charge in [0.25, 0.3) is 15.9 Å². The number of nitrogens with one attached hydrogen (secondary N) is 1. The van der Waals surface area contributed by atoms with Gasteiger partial charge in [0.1, 0.15) is 5.75 Å². The number of nitrogens with zero attached hydrogens (tertiary/aromatic N) is 1. The van der Waals surface area contributed by atoms with Crippen molar-refractivity contribution in [1.82, 2.24) is 0 Å². The molecule has 0 aromatic heterocycles. The van der Waals surface area contributed by atoms with E-state index in [1.807, 2.05) is 0 Å². The van der Waals surface area contributed by atoms with Crippen LogP contribution >= 0.6 is 11.6 Å². The number of sulfonamides is 1. The SMILES string of the molecule is CN(c1cccc(Cl)c1)S(=O)(=O)c1cccc(C(=O)Nc2cccc(OC(F)F)c2)c1. The number of ether oxygens (including phenoxy) is 1. The molecule has 1 N–H and O–H groups in total. The number of anilines is 2. The molecule has 0 unspecified atom stereocenters. The third-order valence-electron chi connectivity index (χ3n) is 4.24. The van der Waals surface area contributed by atoms with E-state index in [1.54, 1.807) is 18.2 Å². The predicted octanol–water partition coefficient (Wildman–Crippen LogP) is 5.02. The number of alkyl halides is 2. The summed E-state index contributed by atoms with van der Waals surface area (Å²) in [5.41, 5.74) is 0.645. The summed E-state index contributed by atoms with van der Waals surface area (Å²) in [5, 5.41) is 2.91. The number of carbonyl (C=O) groups is 1. The Balaban J connectivity index is 1.83. The first-order valence-corrected chi connectivity index (χ1v) is 10.7. The summed E-state index contributed by atoms with van der Waals surface area (Å²) in [5.74, 6) is -0.732. The van der Waals surface area contributed by atoms with E-state index in [9.17, 15) is 22.0 Å². The van der Waals surface area contributed by atoms with E-state index in [4.69, 9.17) is 11.6 Å². The van der Waals surface area contributed by atoms with Crippen molar-refractivity contribution >= 4 is 38.9 Å². The van der Waals surface area contributed by atoms with E-state index in [2.05, 4.69) is 10.1 Å². The highest BCUT2D eigenvalue weighted by Crippen LogP contribution is 2.25. The maximum Gasteiger partial charge on any atom is 0.387 e. The minimum atomic E-state index is -3.97. The summed E-state index contributed by atoms with van der Waals surface area (Å²) in [4.78, 5) is 12.5. The third-order valence-corrected chi connectivity index (χ3v) is 6.26. The molecule has 1 amide bonds. The molecule has 0 spiro atoms. The summed E-state index contributed by atoms with van der Waals surface area (Å²) in [6, 6.07) is 17.3. The van der Waals surface area contributed by atoms with Crippen molar-refractivity contribution in [3.8, 4) is 5.75 Å². The molecule has 162 valence electrons. The molecule has 0 heterocycles. The minimum Gasteiger partial charge on any atom is -0.435 e. The van der Waals surface area contributed by atoms with Crippen LogP contribution in [0.1, 0.15) is 10.4 Å². The number of halogens is 3. The molecule has 0 aliphatic carbocycles. The Morgan fingerprint density at radius 1 is 1.03 bits per heavy atom. The van der Waals surface area contributed by atoms with E-state index in [0.717, 1.165) is 4.31 Å². The number of hydrogen-bond donors (Lipinski definition) is 1. The van der Waals surface area contributed by atoms with Crippen LogP contribution in [0.3, 0.4) is 0 Å². The lowest BCUT2D eigenvalue weighted by molar-refractivity contribution is -0.0498. The van der Waals surface area contributed by atoms with E-state index in [0.29, 0.717) is 10.7 Å². The third kappa shape index (κ3) is 5.50. The molecule has 31 heavy (non-hydrogen) atoms. The van der Waals surface area contributed by atoms with Gasteiger partial charge in [-0.1, -0.05) is 29.8 Å². The summed E-state index contributed by atoms with van der Waals surface area (Å²) in [6.07, 6.45) is 0. The number of hydrogen-bond acceptors (Lipinski definition) is 4. The first-order chi connectivity index (χ1) is 14.7. The van der Waals surface area contributed by atoms with Crippen LogP contribution in [-0.4, -0.2) is 28.0 Å². The van der Waals surface area contributed by atoms with Crippen LogP contribution < -0.4 is 14.4 Å². The lowest BCUT2D eigenvalue weighted by atomic mass is 10.2. The lowest BCUT2D eigenvalue weighted by Gasteiger charge is -2.20. The second kappa shape index (κ2) is 9.32. The summed E-state index contributed by atoms with van der Waals surface area (Å²) in [7, 11) is -2.59. The average molecular weight is 467 g/mol. The van der Waals surface area contributed by atoms with Crippen molar-refractivity contribution in [2.45, 2.75) is 11.5 Å². The quantitative estimate of drug-likeness (QED) is 0.530. The second-order valence-electron chi connectivity index (χ2n) is 6.34. The summed E-state index contributed by atoms with van der Waals surface area (Å²) >= 11 is 5.94. The summed E-state index contributed by atoms with van der Waals surface area (Å²) < 4.78 is 56.1. The average Bonchev–Trinajstić information content (AvgIpc) is 2.73. The van der Waals surface area contributed by atoms with E-state index in [1.165, 1.54) is 61.6 Å². The Morgan fingerprint density at radius 3 is 2.45 bits per heavy atom. The molecular weight excluding hydrogens is 450 g/mol. The Bertz CT molecular complexity index is 1210. The molecule has 6 nitrogen and oxygen atoms in total. The van der Waals surface area contributed by atoms with Crippen molar-refractivity contribution in [3.05, 3.63) is 83.4 Å². The van der Waals surface area contributed by atoms with Gasteiger partial charge in [-0.3, -0.25) is 9.10 Å². The van der Waals surface area contributed by atoms with Crippen molar-refractivity contribution in [1.29, 1.82) is 0 Å². The number of carbonyl (C=O) groups excluding carboxylic acids is 1. The van der Waals surface area contributed by atoms with Gasteiger partial charge in [0, 0.05) is 29.4 Å². The minimum absolute atomic E-state index is 0.0701. The molecular formula is C21H17ClF2N2O4S. The normalized spacial score (nSPS) is 11.3. The zero-order valence-corrected chi connectivity index (χ0v) is 17.7. The van der Waals surface area contributed by atoms with Gasteiger partial charge in [-0.25, -0.2) is 8.42 Å². The highest BCUT2D eigenvalue weighted by molar-refractivity contribution is 7.92. The Kier molecular flexibility index (Phi) is 6.77. The molecule has 0 fully saturated rings. The number of benzene rings is 3. The second-order valence-corrected chi connectivity index (χ2v) is 8.75. The molecule has 3 aromatic rings. The van der Waals surface area contributed by atoms with Crippen LogP contribution in [0.15, 0.2) is 77.7 Å².